The first kappa shape index (κ1) is 18.7. The largest absolute Gasteiger partial charge is 0.464 e. The van der Waals surface area contributed by atoms with Gasteiger partial charge >= 0.3 is 11.9 Å². The molecule has 0 bridgehead atoms. The molecule has 3 aliphatic heterocycles. The maximum absolute atomic E-state index is 13.0. The Morgan fingerprint density at radius 2 is 1.96 bits per heavy atom. The van der Waals surface area contributed by atoms with Gasteiger partial charge in [-0.25, -0.2) is 9.59 Å². The van der Waals surface area contributed by atoms with Crippen LogP contribution in [0.1, 0.15) is 19.4 Å². The molecule has 0 aromatic heterocycles. The highest BCUT2D eigenvalue weighted by molar-refractivity contribution is 8.01. The number of thioether (sulfide) groups is 1. The predicted molar refractivity (Wildman–Crippen MR) is 100 cm³/mol. The van der Waals surface area contributed by atoms with Gasteiger partial charge < -0.3 is 14.4 Å². The van der Waals surface area contributed by atoms with Crippen LogP contribution in [-0.2, 0) is 30.5 Å². The molecular formula is C19H19N3O5S. The summed E-state index contributed by atoms with van der Waals surface area (Å²) in [4.78, 5) is 39.0. The van der Waals surface area contributed by atoms with Crippen LogP contribution in [-0.4, -0.2) is 51.6 Å². The summed E-state index contributed by atoms with van der Waals surface area (Å²) < 4.78 is 9.56. The number of esters is 2. The predicted octanol–water partition coefficient (Wildman–Crippen LogP) is 2.05. The Hall–Kier alpha value is -2.68. The van der Waals surface area contributed by atoms with E-state index in [4.69, 9.17) is 4.74 Å². The van der Waals surface area contributed by atoms with Crippen molar-refractivity contribution in [2.75, 3.05) is 7.11 Å². The zero-order valence-electron chi connectivity index (χ0n) is 15.6. The smallest absolute Gasteiger partial charge is 0.358 e. The zero-order valence-corrected chi connectivity index (χ0v) is 16.4. The summed E-state index contributed by atoms with van der Waals surface area (Å²) in [6, 6.07) is 8.62. The minimum atomic E-state index is -1.25. The van der Waals surface area contributed by atoms with E-state index in [0.717, 1.165) is 5.56 Å². The molecule has 2 saturated heterocycles. The van der Waals surface area contributed by atoms with Gasteiger partial charge in [0.25, 0.3) is 5.91 Å². The number of nitrogens with zero attached hydrogens (tertiary/aromatic N) is 3. The molecule has 3 aliphatic rings. The number of carbonyl (C=O) groups excluding carboxylic acids is 3. The molecule has 3 atom stereocenters. The Balaban J connectivity index is 1.53. The quantitative estimate of drug-likeness (QED) is 0.566. The molecule has 146 valence electrons. The number of β-lactam (4-membered cyclic amide) rings is 1. The van der Waals surface area contributed by atoms with Crippen LogP contribution in [0.2, 0.25) is 0 Å². The van der Waals surface area contributed by atoms with Crippen molar-refractivity contribution in [3.8, 4) is 0 Å². The Kier molecular flexibility index (Phi) is 4.29. The number of rotatable bonds is 4. The SMILES string of the molecule is COC(=O)C1=C[C@]2(N=N1)C(=O)N1[C@@H](C(=O)OCc3ccccc3)C(C)(C)S[C@@H]12. The summed E-state index contributed by atoms with van der Waals surface area (Å²) in [5.74, 6) is -1.47. The number of benzene rings is 1. The Labute approximate surface area is 166 Å². The summed E-state index contributed by atoms with van der Waals surface area (Å²) in [6.45, 7) is 3.92. The Bertz CT molecular complexity index is 913. The van der Waals surface area contributed by atoms with Crippen LogP contribution in [0.4, 0.5) is 0 Å². The molecule has 0 aliphatic carbocycles. The van der Waals surface area contributed by atoms with E-state index in [1.54, 1.807) is 0 Å². The third-order valence-electron chi connectivity index (χ3n) is 5.08. The molecular weight excluding hydrogens is 382 g/mol. The number of ether oxygens (including phenoxy) is 2. The third-order valence-corrected chi connectivity index (χ3v) is 6.72. The van der Waals surface area contributed by atoms with Gasteiger partial charge in [0.05, 0.1) is 7.11 Å². The summed E-state index contributed by atoms with van der Waals surface area (Å²) >= 11 is 1.45. The van der Waals surface area contributed by atoms with Crippen molar-refractivity contribution < 1.29 is 23.9 Å². The van der Waals surface area contributed by atoms with Crippen LogP contribution in [0, 0.1) is 0 Å². The Morgan fingerprint density at radius 3 is 2.64 bits per heavy atom. The minimum Gasteiger partial charge on any atom is -0.464 e. The van der Waals surface area contributed by atoms with Crippen LogP contribution in [0.5, 0.6) is 0 Å². The standard InChI is InChI=1S/C19H19N3O5S/c1-18(2)13(15(24)27-10-11-7-5-4-6-8-11)22-16(25)19(17(22)28-18)9-12(20-21-19)14(23)26-3/h4-9,13,17H,10H2,1-3H3/t13-,17+,19-/m0/s1. The van der Waals surface area contributed by atoms with Crippen molar-refractivity contribution in [2.24, 2.45) is 10.2 Å². The van der Waals surface area contributed by atoms with E-state index in [9.17, 15) is 14.4 Å². The van der Waals surface area contributed by atoms with Crippen molar-refractivity contribution >= 4 is 29.6 Å². The second-order valence-corrected chi connectivity index (χ2v) is 9.06. The fraction of sp³-hybridized carbons (Fsp3) is 0.421. The van der Waals surface area contributed by atoms with Crippen LogP contribution in [0.3, 0.4) is 0 Å². The fourth-order valence-electron chi connectivity index (χ4n) is 3.69. The molecule has 2 fully saturated rings. The van der Waals surface area contributed by atoms with Gasteiger partial charge in [-0.15, -0.1) is 16.9 Å². The number of methoxy groups -OCH3 is 1. The second kappa shape index (κ2) is 6.44. The van der Waals surface area contributed by atoms with Crippen LogP contribution < -0.4 is 0 Å². The topological polar surface area (TPSA) is 97.6 Å². The van der Waals surface area contributed by atoms with Crippen molar-refractivity contribution in [1.82, 2.24) is 4.90 Å². The molecule has 0 N–H and O–H groups in total. The molecule has 9 heteroatoms. The first-order valence-corrected chi connectivity index (χ1v) is 9.63. The van der Waals surface area contributed by atoms with Crippen molar-refractivity contribution in [1.29, 1.82) is 0 Å². The normalized spacial score (nSPS) is 29.3. The zero-order chi connectivity index (χ0) is 20.1. The highest BCUT2D eigenvalue weighted by Gasteiger charge is 2.72. The minimum absolute atomic E-state index is 0.00371. The van der Waals surface area contributed by atoms with E-state index in [0.29, 0.717) is 0 Å². The first-order chi connectivity index (χ1) is 13.3. The van der Waals surface area contributed by atoms with Crippen molar-refractivity contribution in [3.05, 3.63) is 47.7 Å². The number of azo groups is 1. The summed E-state index contributed by atoms with van der Waals surface area (Å²) in [7, 11) is 1.24. The van der Waals surface area contributed by atoms with Gasteiger partial charge in [-0.05, 0) is 25.5 Å². The number of hydrogen-bond donors (Lipinski definition) is 0. The lowest BCUT2D eigenvalue weighted by atomic mass is 9.85. The third kappa shape index (κ3) is 2.64. The molecule has 1 amide bonds. The average Bonchev–Trinajstić information content (AvgIpc) is 3.26. The molecule has 0 unspecified atom stereocenters. The van der Waals surface area contributed by atoms with Gasteiger partial charge in [0.1, 0.15) is 18.0 Å². The molecule has 3 heterocycles. The van der Waals surface area contributed by atoms with Gasteiger partial charge in [0, 0.05) is 4.75 Å². The van der Waals surface area contributed by atoms with E-state index in [2.05, 4.69) is 15.0 Å². The van der Waals surface area contributed by atoms with Crippen molar-refractivity contribution in [2.45, 2.75) is 42.2 Å². The van der Waals surface area contributed by atoms with Gasteiger partial charge in [-0.3, -0.25) is 4.79 Å². The Morgan fingerprint density at radius 1 is 1.25 bits per heavy atom. The maximum Gasteiger partial charge on any atom is 0.358 e. The number of amides is 1. The van der Waals surface area contributed by atoms with Gasteiger partial charge in [-0.1, -0.05) is 30.3 Å². The monoisotopic (exact) mass is 401 g/mol. The van der Waals surface area contributed by atoms with E-state index in [1.165, 1.54) is 29.8 Å². The highest BCUT2D eigenvalue weighted by Crippen LogP contribution is 2.58. The lowest BCUT2D eigenvalue weighted by molar-refractivity contribution is -0.166. The van der Waals surface area contributed by atoms with Crippen LogP contribution >= 0.6 is 11.8 Å². The van der Waals surface area contributed by atoms with E-state index in [1.807, 2.05) is 44.2 Å². The average molecular weight is 401 g/mol. The van der Waals surface area contributed by atoms with Gasteiger partial charge in [0.15, 0.2) is 5.70 Å². The molecule has 1 aromatic rings. The molecule has 1 spiro atoms. The highest BCUT2D eigenvalue weighted by atomic mass is 32.2. The molecule has 0 saturated carbocycles. The molecule has 28 heavy (non-hydrogen) atoms. The van der Waals surface area contributed by atoms with Gasteiger partial charge in [-0.2, -0.15) is 5.11 Å². The van der Waals surface area contributed by atoms with Crippen molar-refractivity contribution in [3.63, 3.8) is 0 Å². The molecule has 1 aromatic carbocycles. The van der Waals surface area contributed by atoms with Gasteiger partial charge in [0.2, 0.25) is 5.54 Å². The van der Waals surface area contributed by atoms with Crippen LogP contribution in [0.15, 0.2) is 52.3 Å². The molecule has 4 rings (SSSR count). The summed E-state index contributed by atoms with van der Waals surface area (Å²) in [5.41, 5.74) is -0.374. The van der Waals surface area contributed by atoms with E-state index >= 15 is 0 Å². The second-order valence-electron chi connectivity index (χ2n) is 7.33. The van der Waals surface area contributed by atoms with E-state index < -0.39 is 33.6 Å². The first-order valence-electron chi connectivity index (χ1n) is 8.75. The lowest BCUT2D eigenvalue weighted by Crippen LogP contribution is -2.71. The maximum atomic E-state index is 13.0. The number of carbonyl (C=O) groups is 3. The van der Waals surface area contributed by atoms with Crippen LogP contribution in [0.25, 0.3) is 0 Å². The number of fused-ring (bicyclic) bond motifs is 2. The lowest BCUT2D eigenvalue weighted by Gasteiger charge is -2.47. The summed E-state index contributed by atoms with van der Waals surface area (Å²) in [6.07, 6.45) is 1.43. The molecule has 0 radical (unpaired) electrons. The molecule has 8 nitrogen and oxygen atoms in total. The number of hydrogen-bond acceptors (Lipinski definition) is 8. The summed E-state index contributed by atoms with van der Waals surface area (Å²) in [5, 5.41) is 7.47. The van der Waals surface area contributed by atoms with E-state index in [-0.39, 0.29) is 18.2 Å². The fourth-order valence-corrected chi connectivity index (χ4v) is 5.33.